The number of ether oxygens (including phenoxy) is 1. The van der Waals surface area contributed by atoms with Gasteiger partial charge in [0.2, 0.25) is 0 Å². The van der Waals surface area contributed by atoms with Crippen LogP contribution in [0.4, 0.5) is 11.4 Å². The lowest BCUT2D eigenvalue weighted by Crippen LogP contribution is -2.30. The van der Waals surface area contributed by atoms with Crippen LogP contribution >= 0.6 is 0 Å². The number of rotatable bonds is 6. The molecule has 0 aromatic heterocycles. The van der Waals surface area contributed by atoms with Crippen LogP contribution in [-0.2, 0) is 14.3 Å². The first-order valence-corrected chi connectivity index (χ1v) is 8.88. The number of amides is 2. The molecule has 2 aromatic carbocycles. The molecule has 0 bridgehead atoms. The van der Waals surface area contributed by atoms with Crippen molar-refractivity contribution in [3.05, 3.63) is 59.2 Å². The van der Waals surface area contributed by atoms with Crippen molar-refractivity contribution < 1.29 is 19.1 Å². The SMILES string of the molecule is CCCCOC(=O)c1ccccc1NC(=O)C(=O)Nc1ccc(C)cc1C. The maximum absolute atomic E-state index is 12.3. The number of nitrogens with one attached hydrogen (secondary N) is 2. The van der Waals surface area contributed by atoms with E-state index in [2.05, 4.69) is 10.6 Å². The van der Waals surface area contributed by atoms with Crippen molar-refractivity contribution in [2.75, 3.05) is 17.2 Å². The van der Waals surface area contributed by atoms with Crippen molar-refractivity contribution in [1.82, 2.24) is 0 Å². The fourth-order valence-electron chi connectivity index (χ4n) is 2.47. The third-order valence-electron chi connectivity index (χ3n) is 3.96. The molecule has 0 saturated heterocycles. The second-order valence-electron chi connectivity index (χ2n) is 6.26. The molecule has 2 rings (SSSR count). The van der Waals surface area contributed by atoms with Crippen LogP contribution in [0.2, 0.25) is 0 Å². The number of carbonyl (C=O) groups excluding carboxylic acids is 3. The van der Waals surface area contributed by atoms with E-state index >= 15 is 0 Å². The summed E-state index contributed by atoms with van der Waals surface area (Å²) >= 11 is 0. The van der Waals surface area contributed by atoms with Gasteiger partial charge in [-0.05, 0) is 44.0 Å². The van der Waals surface area contributed by atoms with Gasteiger partial charge in [-0.25, -0.2) is 4.79 Å². The Balaban J connectivity index is 2.06. The maximum Gasteiger partial charge on any atom is 0.340 e. The first-order chi connectivity index (χ1) is 12.9. The molecule has 2 aromatic rings. The van der Waals surface area contributed by atoms with E-state index in [4.69, 9.17) is 4.74 Å². The summed E-state index contributed by atoms with van der Waals surface area (Å²) in [5.41, 5.74) is 2.93. The third-order valence-corrected chi connectivity index (χ3v) is 3.96. The van der Waals surface area contributed by atoms with Gasteiger partial charge in [0, 0.05) is 5.69 Å². The van der Waals surface area contributed by atoms with Crippen LogP contribution in [0.5, 0.6) is 0 Å². The Hall–Kier alpha value is -3.15. The second-order valence-corrected chi connectivity index (χ2v) is 6.26. The molecule has 0 aliphatic carbocycles. The quantitative estimate of drug-likeness (QED) is 0.461. The van der Waals surface area contributed by atoms with Crippen molar-refractivity contribution in [2.24, 2.45) is 0 Å². The van der Waals surface area contributed by atoms with E-state index in [9.17, 15) is 14.4 Å². The highest BCUT2D eigenvalue weighted by Crippen LogP contribution is 2.18. The fraction of sp³-hybridized carbons (Fsp3) is 0.286. The Morgan fingerprint density at radius 1 is 0.926 bits per heavy atom. The second kappa shape index (κ2) is 9.52. The van der Waals surface area contributed by atoms with Gasteiger partial charge in [-0.3, -0.25) is 9.59 Å². The van der Waals surface area contributed by atoms with Gasteiger partial charge in [-0.2, -0.15) is 0 Å². The number of unbranched alkanes of at least 4 members (excludes halogenated alkanes) is 1. The lowest BCUT2D eigenvalue weighted by Gasteiger charge is -2.12. The monoisotopic (exact) mass is 368 g/mol. The van der Waals surface area contributed by atoms with E-state index in [1.165, 1.54) is 0 Å². The first kappa shape index (κ1) is 20.2. The molecule has 142 valence electrons. The van der Waals surface area contributed by atoms with Crippen molar-refractivity contribution in [3.63, 3.8) is 0 Å². The van der Waals surface area contributed by atoms with Crippen LogP contribution in [-0.4, -0.2) is 24.4 Å². The zero-order valence-electron chi connectivity index (χ0n) is 15.8. The Morgan fingerprint density at radius 3 is 2.26 bits per heavy atom. The molecule has 0 saturated carbocycles. The molecule has 0 fully saturated rings. The molecule has 2 amide bonds. The summed E-state index contributed by atoms with van der Waals surface area (Å²) in [4.78, 5) is 36.6. The lowest BCUT2D eigenvalue weighted by atomic mass is 10.1. The van der Waals surface area contributed by atoms with Gasteiger partial charge >= 0.3 is 17.8 Å². The number of hydrogen-bond donors (Lipinski definition) is 2. The van der Waals surface area contributed by atoms with Crippen molar-refractivity contribution >= 4 is 29.2 Å². The van der Waals surface area contributed by atoms with E-state index in [1.807, 2.05) is 32.9 Å². The summed E-state index contributed by atoms with van der Waals surface area (Å²) in [6, 6.07) is 11.9. The topological polar surface area (TPSA) is 84.5 Å². The average molecular weight is 368 g/mol. The van der Waals surface area contributed by atoms with Crippen LogP contribution in [0.15, 0.2) is 42.5 Å². The minimum absolute atomic E-state index is 0.210. The Kier molecular flexibility index (Phi) is 7.11. The third kappa shape index (κ3) is 5.67. The molecular formula is C21H24N2O4. The predicted octanol–water partition coefficient (Wildman–Crippen LogP) is 3.84. The smallest absolute Gasteiger partial charge is 0.340 e. The van der Waals surface area contributed by atoms with Gasteiger partial charge in [0.15, 0.2) is 0 Å². The summed E-state index contributed by atoms with van der Waals surface area (Å²) in [6.45, 7) is 6.10. The molecule has 0 spiro atoms. The summed E-state index contributed by atoms with van der Waals surface area (Å²) in [5.74, 6) is -2.20. The number of carbonyl (C=O) groups is 3. The van der Waals surface area contributed by atoms with Gasteiger partial charge in [0.25, 0.3) is 0 Å². The van der Waals surface area contributed by atoms with E-state index in [0.29, 0.717) is 12.3 Å². The Morgan fingerprint density at radius 2 is 1.59 bits per heavy atom. The number of para-hydroxylation sites is 1. The van der Waals surface area contributed by atoms with Crippen LogP contribution in [0.3, 0.4) is 0 Å². The van der Waals surface area contributed by atoms with Crippen LogP contribution in [0.25, 0.3) is 0 Å². The van der Waals surface area contributed by atoms with Gasteiger partial charge in [0.05, 0.1) is 17.9 Å². The molecule has 0 unspecified atom stereocenters. The Bertz CT molecular complexity index is 846. The number of benzene rings is 2. The van der Waals surface area contributed by atoms with Gasteiger partial charge in [-0.15, -0.1) is 0 Å². The highest BCUT2D eigenvalue weighted by Gasteiger charge is 2.19. The van der Waals surface area contributed by atoms with Crippen molar-refractivity contribution in [1.29, 1.82) is 0 Å². The minimum atomic E-state index is -0.858. The molecule has 0 aliphatic rings. The highest BCUT2D eigenvalue weighted by molar-refractivity contribution is 6.44. The average Bonchev–Trinajstić information content (AvgIpc) is 2.64. The van der Waals surface area contributed by atoms with Crippen LogP contribution < -0.4 is 10.6 Å². The molecule has 27 heavy (non-hydrogen) atoms. The van der Waals surface area contributed by atoms with E-state index in [1.54, 1.807) is 30.3 Å². The number of aryl methyl sites for hydroxylation is 2. The molecule has 2 N–H and O–H groups in total. The summed E-state index contributed by atoms with van der Waals surface area (Å²) in [5, 5.41) is 5.06. The molecule has 6 heteroatoms. The summed E-state index contributed by atoms with van der Waals surface area (Å²) < 4.78 is 5.18. The normalized spacial score (nSPS) is 10.2. The standard InChI is InChI=1S/C21H24N2O4/c1-4-5-12-27-21(26)16-8-6-7-9-18(16)23-20(25)19(24)22-17-11-10-14(2)13-15(17)3/h6-11,13H,4-5,12H2,1-3H3,(H,22,24)(H,23,25). The van der Waals surface area contributed by atoms with E-state index < -0.39 is 17.8 Å². The fourth-order valence-corrected chi connectivity index (χ4v) is 2.47. The first-order valence-electron chi connectivity index (χ1n) is 8.88. The number of anilines is 2. The van der Waals surface area contributed by atoms with Gasteiger partial charge in [-0.1, -0.05) is 43.2 Å². The maximum atomic E-state index is 12.3. The van der Waals surface area contributed by atoms with E-state index in [0.717, 1.165) is 24.0 Å². The molecule has 6 nitrogen and oxygen atoms in total. The summed E-state index contributed by atoms with van der Waals surface area (Å²) in [6.07, 6.45) is 1.67. The molecule has 0 aliphatic heterocycles. The summed E-state index contributed by atoms with van der Waals surface area (Å²) in [7, 11) is 0. The molecule has 0 heterocycles. The van der Waals surface area contributed by atoms with Gasteiger partial charge in [0.1, 0.15) is 0 Å². The van der Waals surface area contributed by atoms with E-state index in [-0.39, 0.29) is 11.3 Å². The van der Waals surface area contributed by atoms with Gasteiger partial charge < -0.3 is 15.4 Å². The number of hydrogen-bond acceptors (Lipinski definition) is 4. The predicted molar refractivity (Wildman–Crippen MR) is 105 cm³/mol. The van der Waals surface area contributed by atoms with Crippen LogP contribution in [0.1, 0.15) is 41.3 Å². The van der Waals surface area contributed by atoms with Crippen LogP contribution in [0, 0.1) is 13.8 Å². The minimum Gasteiger partial charge on any atom is -0.462 e. The van der Waals surface area contributed by atoms with Crippen molar-refractivity contribution in [2.45, 2.75) is 33.6 Å². The molecule has 0 atom stereocenters. The van der Waals surface area contributed by atoms with Crippen molar-refractivity contribution in [3.8, 4) is 0 Å². The molecular weight excluding hydrogens is 344 g/mol. The Labute approximate surface area is 158 Å². The lowest BCUT2D eigenvalue weighted by molar-refractivity contribution is -0.133. The highest BCUT2D eigenvalue weighted by atomic mass is 16.5. The zero-order chi connectivity index (χ0) is 19.8. The molecule has 0 radical (unpaired) electrons. The largest absolute Gasteiger partial charge is 0.462 e. The number of esters is 1. The zero-order valence-corrected chi connectivity index (χ0v) is 15.8.